The average molecular weight is 232 g/mol. The predicted octanol–water partition coefficient (Wildman–Crippen LogP) is 1.37. The third-order valence-corrected chi connectivity index (χ3v) is 2.77. The summed E-state index contributed by atoms with van der Waals surface area (Å²) < 4.78 is 1.87. The third kappa shape index (κ3) is 2.62. The Labute approximate surface area is 100 Å². The summed E-state index contributed by atoms with van der Waals surface area (Å²) in [7, 11) is 1.90. The Hall–Kier alpha value is -1.88. The summed E-state index contributed by atoms with van der Waals surface area (Å²) in [5, 5.41) is 20.8. The normalized spacial score (nSPS) is 12.6. The summed E-state index contributed by atoms with van der Waals surface area (Å²) in [6.45, 7) is 2.62. The topological polar surface area (TPSA) is 63.0 Å². The molecular weight excluding hydrogens is 216 g/mol. The minimum Gasteiger partial charge on any atom is -0.508 e. The van der Waals surface area contributed by atoms with Crippen LogP contribution >= 0.6 is 0 Å². The molecule has 0 aliphatic heterocycles. The lowest BCUT2D eigenvalue weighted by Crippen LogP contribution is -2.20. The van der Waals surface area contributed by atoms with Crippen molar-refractivity contribution in [1.82, 2.24) is 20.1 Å². The zero-order valence-electron chi connectivity index (χ0n) is 9.96. The van der Waals surface area contributed by atoms with Crippen molar-refractivity contribution in [2.45, 2.75) is 19.5 Å². The maximum Gasteiger partial charge on any atom is 0.146 e. The Balaban J connectivity index is 2.01. The Morgan fingerprint density at radius 1 is 1.41 bits per heavy atom. The molecule has 0 spiro atoms. The van der Waals surface area contributed by atoms with Crippen LogP contribution in [0.1, 0.15) is 24.4 Å². The van der Waals surface area contributed by atoms with Crippen molar-refractivity contribution >= 4 is 0 Å². The molecule has 1 atom stereocenters. The Morgan fingerprint density at radius 2 is 2.18 bits per heavy atom. The van der Waals surface area contributed by atoms with Crippen LogP contribution in [0.3, 0.4) is 0 Å². The van der Waals surface area contributed by atoms with E-state index < -0.39 is 0 Å². The molecule has 0 saturated carbocycles. The number of phenolic OH excluding ortho intramolecular Hbond substituents is 1. The largest absolute Gasteiger partial charge is 0.508 e. The van der Waals surface area contributed by atoms with Gasteiger partial charge in [-0.3, -0.25) is 0 Å². The fourth-order valence-corrected chi connectivity index (χ4v) is 1.68. The molecule has 2 aromatic rings. The number of nitrogens with one attached hydrogen (secondary N) is 1. The molecule has 17 heavy (non-hydrogen) atoms. The van der Waals surface area contributed by atoms with Gasteiger partial charge in [-0.15, -0.1) is 10.2 Å². The summed E-state index contributed by atoms with van der Waals surface area (Å²) in [6.07, 6.45) is 1.67. The zero-order chi connectivity index (χ0) is 12.3. The van der Waals surface area contributed by atoms with Crippen LogP contribution in [0.15, 0.2) is 30.6 Å². The van der Waals surface area contributed by atoms with E-state index in [0.29, 0.717) is 12.3 Å². The predicted molar refractivity (Wildman–Crippen MR) is 64.4 cm³/mol. The smallest absolute Gasteiger partial charge is 0.146 e. The van der Waals surface area contributed by atoms with Gasteiger partial charge in [-0.25, -0.2) is 0 Å². The number of aromatic hydroxyl groups is 1. The summed E-state index contributed by atoms with van der Waals surface area (Å²) in [5.41, 5.74) is 0.884. The molecule has 2 rings (SSSR count). The van der Waals surface area contributed by atoms with Crippen molar-refractivity contribution < 1.29 is 5.11 Å². The number of hydrogen-bond acceptors (Lipinski definition) is 4. The number of phenols is 1. The molecule has 0 saturated heterocycles. The van der Waals surface area contributed by atoms with Gasteiger partial charge in [-0.05, 0) is 13.0 Å². The van der Waals surface area contributed by atoms with Gasteiger partial charge in [-0.2, -0.15) is 0 Å². The van der Waals surface area contributed by atoms with Crippen LogP contribution in [-0.4, -0.2) is 19.9 Å². The van der Waals surface area contributed by atoms with E-state index >= 15 is 0 Å². The zero-order valence-corrected chi connectivity index (χ0v) is 9.96. The fraction of sp³-hybridized carbons (Fsp3) is 0.333. The van der Waals surface area contributed by atoms with Crippen LogP contribution < -0.4 is 5.32 Å². The second kappa shape index (κ2) is 4.97. The van der Waals surface area contributed by atoms with Crippen LogP contribution in [0.25, 0.3) is 0 Å². The van der Waals surface area contributed by atoms with Crippen molar-refractivity contribution in [1.29, 1.82) is 0 Å². The number of benzene rings is 1. The van der Waals surface area contributed by atoms with Gasteiger partial charge < -0.3 is 15.0 Å². The molecule has 90 valence electrons. The first-order valence-corrected chi connectivity index (χ1v) is 5.52. The fourth-order valence-electron chi connectivity index (χ4n) is 1.68. The summed E-state index contributed by atoms with van der Waals surface area (Å²) in [4.78, 5) is 0. The van der Waals surface area contributed by atoms with Crippen LogP contribution in [0, 0.1) is 0 Å². The van der Waals surface area contributed by atoms with Gasteiger partial charge in [-0.1, -0.05) is 18.2 Å². The van der Waals surface area contributed by atoms with Gasteiger partial charge >= 0.3 is 0 Å². The maximum absolute atomic E-state index is 9.72. The van der Waals surface area contributed by atoms with Gasteiger partial charge in [0.1, 0.15) is 17.9 Å². The van der Waals surface area contributed by atoms with E-state index in [1.165, 1.54) is 0 Å². The molecule has 0 amide bonds. The van der Waals surface area contributed by atoms with Gasteiger partial charge in [0.15, 0.2) is 0 Å². The van der Waals surface area contributed by atoms with E-state index in [9.17, 15) is 5.11 Å². The molecule has 0 aliphatic rings. The van der Waals surface area contributed by atoms with Gasteiger partial charge in [0.2, 0.25) is 0 Å². The van der Waals surface area contributed by atoms with Crippen molar-refractivity contribution in [2.75, 3.05) is 0 Å². The molecule has 1 heterocycles. The molecule has 1 aromatic carbocycles. The molecule has 0 bridgehead atoms. The highest BCUT2D eigenvalue weighted by Gasteiger charge is 2.10. The number of aryl methyl sites for hydroxylation is 1. The summed E-state index contributed by atoms with van der Waals surface area (Å²) in [6, 6.07) is 7.39. The van der Waals surface area contributed by atoms with Crippen LogP contribution in [0.4, 0.5) is 0 Å². The number of nitrogens with zero attached hydrogens (tertiary/aromatic N) is 3. The molecule has 2 N–H and O–H groups in total. The highest BCUT2D eigenvalue weighted by atomic mass is 16.3. The Bertz CT molecular complexity index is 495. The lowest BCUT2D eigenvalue weighted by molar-refractivity contribution is 0.450. The van der Waals surface area contributed by atoms with Gasteiger partial charge in [0.05, 0.1) is 6.54 Å². The second-order valence-corrected chi connectivity index (χ2v) is 4.02. The number of hydrogen-bond donors (Lipinski definition) is 2. The van der Waals surface area contributed by atoms with Crippen molar-refractivity contribution in [3.05, 3.63) is 42.0 Å². The van der Waals surface area contributed by atoms with Crippen molar-refractivity contribution in [3.8, 4) is 5.75 Å². The van der Waals surface area contributed by atoms with Crippen LogP contribution in [0.2, 0.25) is 0 Å². The third-order valence-electron chi connectivity index (χ3n) is 2.77. The lowest BCUT2D eigenvalue weighted by Gasteiger charge is -2.14. The Kier molecular flexibility index (Phi) is 3.39. The first kappa shape index (κ1) is 11.6. The van der Waals surface area contributed by atoms with E-state index in [-0.39, 0.29) is 6.04 Å². The number of rotatable bonds is 4. The second-order valence-electron chi connectivity index (χ2n) is 4.02. The van der Waals surface area contributed by atoms with Gasteiger partial charge in [0, 0.05) is 18.7 Å². The molecular formula is C12H16N4O. The molecule has 1 aromatic heterocycles. The lowest BCUT2D eigenvalue weighted by atomic mass is 10.1. The molecule has 0 radical (unpaired) electrons. The molecule has 1 unspecified atom stereocenters. The van der Waals surface area contributed by atoms with Crippen molar-refractivity contribution in [2.24, 2.45) is 7.05 Å². The number of aromatic nitrogens is 3. The van der Waals surface area contributed by atoms with Crippen molar-refractivity contribution in [3.63, 3.8) is 0 Å². The summed E-state index contributed by atoms with van der Waals surface area (Å²) >= 11 is 0. The molecule has 5 nitrogen and oxygen atoms in total. The maximum atomic E-state index is 9.72. The average Bonchev–Trinajstić information content (AvgIpc) is 2.72. The quantitative estimate of drug-likeness (QED) is 0.835. The molecule has 0 aliphatic carbocycles. The minimum absolute atomic E-state index is 0.0629. The highest BCUT2D eigenvalue weighted by Crippen LogP contribution is 2.23. The molecule has 5 heteroatoms. The number of para-hydroxylation sites is 1. The van der Waals surface area contributed by atoms with E-state index in [0.717, 1.165) is 11.4 Å². The first-order valence-electron chi connectivity index (χ1n) is 5.52. The van der Waals surface area contributed by atoms with E-state index in [1.807, 2.05) is 36.7 Å². The van der Waals surface area contributed by atoms with Crippen LogP contribution in [-0.2, 0) is 13.6 Å². The first-order chi connectivity index (χ1) is 8.18. The van der Waals surface area contributed by atoms with E-state index in [1.54, 1.807) is 12.4 Å². The highest BCUT2D eigenvalue weighted by molar-refractivity contribution is 5.34. The summed E-state index contributed by atoms with van der Waals surface area (Å²) in [5.74, 6) is 1.18. The molecule has 0 fully saturated rings. The van der Waals surface area contributed by atoms with Gasteiger partial charge in [0.25, 0.3) is 0 Å². The SMILES string of the molecule is CC(NCc1nncn1C)c1ccccc1O. The van der Waals surface area contributed by atoms with E-state index in [4.69, 9.17) is 0 Å². The standard InChI is InChI=1S/C12H16N4O/c1-9(10-5-3-4-6-11(10)17)13-7-12-15-14-8-16(12)2/h3-6,8-9,13,17H,7H2,1-2H3. The monoisotopic (exact) mass is 232 g/mol. The Morgan fingerprint density at radius 3 is 2.82 bits per heavy atom. The minimum atomic E-state index is 0.0629. The van der Waals surface area contributed by atoms with E-state index in [2.05, 4.69) is 15.5 Å². The van der Waals surface area contributed by atoms with Crippen LogP contribution in [0.5, 0.6) is 5.75 Å².